The molecular formula is C11H15NO. The Balaban J connectivity index is 2.49. The Kier molecular flexibility index (Phi) is 4.19. The van der Waals surface area contributed by atoms with Crippen molar-refractivity contribution in [3.05, 3.63) is 35.9 Å². The lowest BCUT2D eigenvalue weighted by Gasteiger charge is -2.02. The van der Waals surface area contributed by atoms with Gasteiger partial charge in [0.15, 0.2) is 0 Å². The summed E-state index contributed by atoms with van der Waals surface area (Å²) in [6, 6.07) is 10.3. The lowest BCUT2D eigenvalue weighted by atomic mass is 10.2. The third-order valence-electron chi connectivity index (χ3n) is 1.69. The summed E-state index contributed by atoms with van der Waals surface area (Å²) in [6.07, 6.45) is 1.88. The topological polar surface area (TPSA) is 21.6 Å². The van der Waals surface area contributed by atoms with Gasteiger partial charge in [-0.05, 0) is 12.5 Å². The second-order valence-corrected chi connectivity index (χ2v) is 2.99. The summed E-state index contributed by atoms with van der Waals surface area (Å²) in [5.74, 6) is 0. The maximum absolute atomic E-state index is 4.98. The molecule has 0 aliphatic heterocycles. The second-order valence-electron chi connectivity index (χ2n) is 2.99. The van der Waals surface area contributed by atoms with Crippen LogP contribution in [0.4, 0.5) is 0 Å². The van der Waals surface area contributed by atoms with Crippen LogP contribution in [0.5, 0.6) is 0 Å². The van der Waals surface area contributed by atoms with Crippen LogP contribution >= 0.6 is 0 Å². The molecule has 2 nitrogen and oxygen atoms in total. The molecule has 0 aliphatic carbocycles. The van der Waals surface area contributed by atoms with Gasteiger partial charge in [-0.1, -0.05) is 30.3 Å². The van der Waals surface area contributed by atoms with E-state index in [1.807, 2.05) is 43.5 Å². The molecule has 0 unspecified atom stereocenters. The maximum Gasteiger partial charge on any atom is 0.0705 e. The molecule has 0 N–H and O–H groups in total. The molecule has 0 fully saturated rings. The van der Waals surface area contributed by atoms with Crippen LogP contribution in [0.15, 0.2) is 35.3 Å². The van der Waals surface area contributed by atoms with Crippen molar-refractivity contribution in [1.29, 1.82) is 0 Å². The van der Waals surface area contributed by atoms with Gasteiger partial charge in [-0.15, -0.1) is 0 Å². The standard InChI is InChI=1S/C11H15NO/c1-10(9-13-2)12-8-11-6-4-3-5-7-11/h3-8,10H,9H2,1-2H3/t10-/m0/s1. The third-order valence-corrected chi connectivity index (χ3v) is 1.69. The van der Waals surface area contributed by atoms with Crippen LogP contribution in [-0.2, 0) is 4.74 Å². The van der Waals surface area contributed by atoms with E-state index in [-0.39, 0.29) is 6.04 Å². The fourth-order valence-corrected chi connectivity index (χ4v) is 1.04. The van der Waals surface area contributed by atoms with E-state index in [2.05, 4.69) is 4.99 Å². The lowest BCUT2D eigenvalue weighted by Crippen LogP contribution is -2.06. The van der Waals surface area contributed by atoms with Gasteiger partial charge in [-0.3, -0.25) is 4.99 Å². The Morgan fingerprint density at radius 1 is 1.38 bits per heavy atom. The number of rotatable bonds is 4. The highest BCUT2D eigenvalue weighted by Crippen LogP contribution is 1.96. The number of hydrogen-bond acceptors (Lipinski definition) is 2. The molecule has 1 aromatic rings. The van der Waals surface area contributed by atoms with Crippen LogP contribution in [0.1, 0.15) is 12.5 Å². The number of nitrogens with zero attached hydrogens (tertiary/aromatic N) is 1. The Morgan fingerprint density at radius 3 is 2.69 bits per heavy atom. The SMILES string of the molecule is COC[C@H](C)N=Cc1ccccc1. The van der Waals surface area contributed by atoms with E-state index in [9.17, 15) is 0 Å². The first-order valence-electron chi connectivity index (χ1n) is 4.40. The van der Waals surface area contributed by atoms with Gasteiger partial charge < -0.3 is 4.74 Å². The molecule has 0 amide bonds. The van der Waals surface area contributed by atoms with E-state index in [1.165, 1.54) is 0 Å². The van der Waals surface area contributed by atoms with Crippen LogP contribution in [0.3, 0.4) is 0 Å². The van der Waals surface area contributed by atoms with Crippen LogP contribution in [0.2, 0.25) is 0 Å². The van der Waals surface area contributed by atoms with E-state index in [0.717, 1.165) is 5.56 Å². The first-order valence-corrected chi connectivity index (χ1v) is 4.40. The Labute approximate surface area is 79.3 Å². The maximum atomic E-state index is 4.98. The van der Waals surface area contributed by atoms with Crippen LogP contribution in [0, 0.1) is 0 Å². The van der Waals surface area contributed by atoms with E-state index < -0.39 is 0 Å². The first-order chi connectivity index (χ1) is 6.33. The molecule has 0 aromatic heterocycles. The van der Waals surface area contributed by atoms with Crippen LogP contribution < -0.4 is 0 Å². The Hall–Kier alpha value is -1.15. The molecule has 0 spiro atoms. The van der Waals surface area contributed by atoms with Crippen molar-refractivity contribution in [3.63, 3.8) is 0 Å². The molecule has 1 atom stereocenters. The summed E-state index contributed by atoms with van der Waals surface area (Å²) in [7, 11) is 1.69. The van der Waals surface area contributed by atoms with Crippen molar-refractivity contribution in [1.82, 2.24) is 0 Å². The van der Waals surface area contributed by atoms with Gasteiger partial charge in [0.25, 0.3) is 0 Å². The normalized spacial score (nSPS) is 13.4. The average Bonchev–Trinajstić information content (AvgIpc) is 2.17. The zero-order chi connectivity index (χ0) is 9.52. The zero-order valence-corrected chi connectivity index (χ0v) is 8.10. The molecule has 1 rings (SSSR count). The molecule has 70 valence electrons. The van der Waals surface area contributed by atoms with Gasteiger partial charge in [0.2, 0.25) is 0 Å². The zero-order valence-electron chi connectivity index (χ0n) is 8.10. The smallest absolute Gasteiger partial charge is 0.0705 e. The largest absolute Gasteiger partial charge is 0.382 e. The fraction of sp³-hybridized carbons (Fsp3) is 0.364. The van der Waals surface area contributed by atoms with Crippen molar-refractivity contribution < 1.29 is 4.74 Å². The summed E-state index contributed by atoms with van der Waals surface area (Å²) in [5, 5.41) is 0. The fourth-order valence-electron chi connectivity index (χ4n) is 1.04. The number of benzene rings is 1. The monoisotopic (exact) mass is 177 g/mol. The predicted molar refractivity (Wildman–Crippen MR) is 55.4 cm³/mol. The molecule has 0 aliphatic rings. The van der Waals surface area contributed by atoms with Crippen molar-refractivity contribution in [3.8, 4) is 0 Å². The predicted octanol–water partition coefficient (Wildman–Crippen LogP) is 2.14. The molecule has 0 saturated carbocycles. The van der Waals surface area contributed by atoms with Gasteiger partial charge in [0, 0.05) is 13.3 Å². The van der Waals surface area contributed by atoms with E-state index in [1.54, 1.807) is 7.11 Å². The quantitative estimate of drug-likeness (QED) is 0.646. The molecule has 0 heterocycles. The summed E-state index contributed by atoms with van der Waals surface area (Å²) in [4.78, 5) is 4.33. The Bertz CT molecular complexity index is 256. The van der Waals surface area contributed by atoms with E-state index in [4.69, 9.17) is 4.74 Å². The summed E-state index contributed by atoms with van der Waals surface area (Å²) in [6.45, 7) is 2.70. The van der Waals surface area contributed by atoms with Gasteiger partial charge in [0.05, 0.1) is 12.6 Å². The van der Waals surface area contributed by atoms with Gasteiger partial charge >= 0.3 is 0 Å². The van der Waals surface area contributed by atoms with Crippen molar-refractivity contribution in [2.45, 2.75) is 13.0 Å². The highest BCUT2D eigenvalue weighted by Gasteiger charge is 1.94. The average molecular weight is 177 g/mol. The van der Waals surface area contributed by atoms with Crippen molar-refractivity contribution >= 4 is 6.21 Å². The minimum absolute atomic E-state index is 0.227. The minimum Gasteiger partial charge on any atom is -0.382 e. The molecule has 13 heavy (non-hydrogen) atoms. The highest BCUT2D eigenvalue weighted by atomic mass is 16.5. The number of hydrogen-bond donors (Lipinski definition) is 0. The Morgan fingerprint density at radius 2 is 2.08 bits per heavy atom. The second kappa shape index (κ2) is 5.49. The third kappa shape index (κ3) is 3.85. The van der Waals surface area contributed by atoms with Gasteiger partial charge in [0.1, 0.15) is 0 Å². The number of aliphatic imine (C=N–C) groups is 1. The number of ether oxygens (including phenoxy) is 1. The van der Waals surface area contributed by atoms with E-state index in [0.29, 0.717) is 6.61 Å². The van der Waals surface area contributed by atoms with Gasteiger partial charge in [-0.2, -0.15) is 0 Å². The summed E-state index contributed by atoms with van der Waals surface area (Å²) < 4.78 is 4.98. The molecular weight excluding hydrogens is 162 g/mol. The molecule has 0 bridgehead atoms. The van der Waals surface area contributed by atoms with Crippen LogP contribution in [-0.4, -0.2) is 26.0 Å². The van der Waals surface area contributed by atoms with Crippen LogP contribution in [0.25, 0.3) is 0 Å². The van der Waals surface area contributed by atoms with E-state index >= 15 is 0 Å². The first kappa shape index (κ1) is 9.93. The minimum atomic E-state index is 0.227. The molecule has 1 aromatic carbocycles. The molecule has 2 heteroatoms. The molecule has 0 radical (unpaired) electrons. The summed E-state index contributed by atoms with van der Waals surface area (Å²) >= 11 is 0. The van der Waals surface area contributed by atoms with Crippen molar-refractivity contribution in [2.24, 2.45) is 4.99 Å². The van der Waals surface area contributed by atoms with Crippen molar-refractivity contribution in [2.75, 3.05) is 13.7 Å². The number of methoxy groups -OCH3 is 1. The lowest BCUT2D eigenvalue weighted by molar-refractivity contribution is 0.186. The highest BCUT2D eigenvalue weighted by molar-refractivity contribution is 5.79. The summed E-state index contributed by atoms with van der Waals surface area (Å²) in [5.41, 5.74) is 1.13. The molecule has 0 saturated heterocycles. The van der Waals surface area contributed by atoms with Gasteiger partial charge in [-0.25, -0.2) is 0 Å².